The largest absolute Gasteiger partial charge is 0.493 e. The Bertz CT molecular complexity index is 804. The first-order chi connectivity index (χ1) is 11.9. The third-order valence-corrected chi connectivity index (χ3v) is 3.95. The van der Waals surface area contributed by atoms with E-state index in [-0.39, 0.29) is 11.6 Å². The van der Waals surface area contributed by atoms with Crippen molar-refractivity contribution >= 4 is 11.6 Å². The molecule has 25 heavy (non-hydrogen) atoms. The van der Waals surface area contributed by atoms with Gasteiger partial charge in [-0.3, -0.25) is 14.9 Å². The van der Waals surface area contributed by atoms with Crippen molar-refractivity contribution in [3.63, 3.8) is 0 Å². The molecule has 0 saturated carbocycles. The van der Waals surface area contributed by atoms with Crippen molar-refractivity contribution in [2.24, 2.45) is 0 Å². The van der Waals surface area contributed by atoms with Gasteiger partial charge in [-0.1, -0.05) is 12.1 Å². The molecular formula is C18H20N2O5. The van der Waals surface area contributed by atoms with Crippen LogP contribution in [-0.2, 0) is 6.54 Å². The molecule has 0 radical (unpaired) electrons. The molecule has 0 fully saturated rings. The molecule has 0 atom stereocenters. The van der Waals surface area contributed by atoms with E-state index in [1.807, 2.05) is 6.07 Å². The van der Waals surface area contributed by atoms with Gasteiger partial charge in [-0.2, -0.15) is 0 Å². The summed E-state index contributed by atoms with van der Waals surface area (Å²) in [7, 11) is 4.75. The maximum absolute atomic E-state index is 12.7. The average molecular weight is 344 g/mol. The van der Waals surface area contributed by atoms with E-state index in [1.54, 1.807) is 46.4 Å². The van der Waals surface area contributed by atoms with Crippen LogP contribution in [-0.4, -0.2) is 37.0 Å². The molecule has 2 aromatic carbocycles. The fraction of sp³-hybridized carbons (Fsp3) is 0.278. The van der Waals surface area contributed by atoms with Crippen LogP contribution in [0.15, 0.2) is 36.4 Å². The van der Waals surface area contributed by atoms with Gasteiger partial charge in [-0.05, 0) is 30.7 Å². The molecule has 0 aromatic heterocycles. The zero-order chi connectivity index (χ0) is 18.6. The topological polar surface area (TPSA) is 81.9 Å². The Labute approximate surface area is 145 Å². The van der Waals surface area contributed by atoms with Gasteiger partial charge in [0, 0.05) is 30.8 Å². The number of carbonyl (C=O) groups is 1. The molecular weight excluding hydrogens is 324 g/mol. The smallest absolute Gasteiger partial charge is 0.273 e. The summed E-state index contributed by atoms with van der Waals surface area (Å²) >= 11 is 0. The number of nitro groups is 1. The SMILES string of the molecule is COc1ccc(CN(C)C(=O)c2cccc([N+](=O)[O-])c2C)cc1OC. The summed E-state index contributed by atoms with van der Waals surface area (Å²) in [4.78, 5) is 24.7. The Hall–Kier alpha value is -3.09. The number of nitro benzene ring substituents is 1. The first-order valence-electron chi connectivity index (χ1n) is 7.59. The molecule has 2 aromatic rings. The summed E-state index contributed by atoms with van der Waals surface area (Å²) < 4.78 is 10.5. The number of hydrogen-bond donors (Lipinski definition) is 0. The maximum Gasteiger partial charge on any atom is 0.273 e. The Morgan fingerprint density at radius 1 is 1.16 bits per heavy atom. The highest BCUT2D eigenvalue weighted by Gasteiger charge is 2.20. The zero-order valence-electron chi connectivity index (χ0n) is 14.6. The van der Waals surface area contributed by atoms with Crippen molar-refractivity contribution in [2.45, 2.75) is 13.5 Å². The highest BCUT2D eigenvalue weighted by atomic mass is 16.6. The van der Waals surface area contributed by atoms with Gasteiger partial charge in [0.1, 0.15) is 0 Å². The minimum Gasteiger partial charge on any atom is -0.493 e. The molecule has 0 aliphatic carbocycles. The summed E-state index contributed by atoms with van der Waals surface area (Å²) in [5.41, 5.74) is 1.47. The normalized spacial score (nSPS) is 10.2. The van der Waals surface area contributed by atoms with Crippen LogP contribution < -0.4 is 9.47 Å². The standard InChI is InChI=1S/C18H20N2O5/c1-12-14(6-5-7-15(12)20(22)23)18(21)19(2)11-13-8-9-16(24-3)17(10-13)25-4/h5-10H,11H2,1-4H3. The van der Waals surface area contributed by atoms with Crippen LogP contribution >= 0.6 is 0 Å². The van der Waals surface area contributed by atoms with Gasteiger partial charge in [-0.25, -0.2) is 0 Å². The Balaban J connectivity index is 2.24. The molecule has 0 aliphatic heterocycles. The second-order valence-electron chi connectivity index (χ2n) is 5.56. The van der Waals surface area contributed by atoms with Gasteiger partial charge in [0.05, 0.1) is 19.1 Å². The van der Waals surface area contributed by atoms with Crippen LogP contribution in [0, 0.1) is 17.0 Å². The number of nitrogens with zero attached hydrogens (tertiary/aromatic N) is 2. The van der Waals surface area contributed by atoms with E-state index >= 15 is 0 Å². The van der Waals surface area contributed by atoms with Crippen LogP contribution in [0.4, 0.5) is 5.69 Å². The van der Waals surface area contributed by atoms with Gasteiger partial charge < -0.3 is 14.4 Å². The average Bonchev–Trinajstić information content (AvgIpc) is 2.60. The van der Waals surface area contributed by atoms with E-state index in [0.717, 1.165) is 5.56 Å². The lowest BCUT2D eigenvalue weighted by Gasteiger charge is -2.19. The second-order valence-corrected chi connectivity index (χ2v) is 5.56. The van der Waals surface area contributed by atoms with Crippen molar-refractivity contribution in [3.05, 3.63) is 63.2 Å². The third kappa shape index (κ3) is 3.88. The third-order valence-electron chi connectivity index (χ3n) is 3.95. The number of ether oxygens (including phenoxy) is 2. The molecule has 0 saturated heterocycles. The number of methoxy groups -OCH3 is 2. The molecule has 7 nitrogen and oxygen atoms in total. The molecule has 0 bridgehead atoms. The number of rotatable bonds is 6. The van der Waals surface area contributed by atoms with Crippen LogP contribution in [0.25, 0.3) is 0 Å². The first-order valence-corrected chi connectivity index (χ1v) is 7.59. The Kier molecular flexibility index (Phi) is 5.59. The van der Waals surface area contributed by atoms with E-state index in [4.69, 9.17) is 9.47 Å². The fourth-order valence-corrected chi connectivity index (χ4v) is 2.58. The summed E-state index contributed by atoms with van der Waals surface area (Å²) in [6, 6.07) is 9.90. The summed E-state index contributed by atoms with van der Waals surface area (Å²) in [5.74, 6) is 0.901. The van der Waals surface area contributed by atoms with E-state index in [0.29, 0.717) is 29.2 Å². The highest BCUT2D eigenvalue weighted by Crippen LogP contribution is 2.28. The molecule has 132 valence electrons. The molecule has 0 spiro atoms. The summed E-state index contributed by atoms with van der Waals surface area (Å²) in [6.07, 6.45) is 0. The highest BCUT2D eigenvalue weighted by molar-refractivity contribution is 5.96. The van der Waals surface area contributed by atoms with E-state index in [9.17, 15) is 14.9 Å². The molecule has 0 unspecified atom stereocenters. The van der Waals surface area contributed by atoms with Crippen molar-refractivity contribution in [1.29, 1.82) is 0 Å². The predicted octanol–water partition coefficient (Wildman–Crippen LogP) is 3.19. The van der Waals surface area contributed by atoms with Crippen molar-refractivity contribution in [1.82, 2.24) is 4.90 Å². The van der Waals surface area contributed by atoms with E-state index in [1.165, 1.54) is 17.0 Å². The van der Waals surface area contributed by atoms with Crippen LogP contribution in [0.3, 0.4) is 0 Å². The number of carbonyl (C=O) groups excluding carboxylic acids is 1. The molecule has 1 amide bonds. The molecule has 0 N–H and O–H groups in total. The molecule has 0 heterocycles. The fourth-order valence-electron chi connectivity index (χ4n) is 2.58. The van der Waals surface area contributed by atoms with Crippen molar-refractivity contribution < 1.29 is 19.2 Å². The molecule has 0 aliphatic rings. The predicted molar refractivity (Wildman–Crippen MR) is 93.2 cm³/mol. The van der Waals surface area contributed by atoms with Gasteiger partial charge in [0.25, 0.3) is 11.6 Å². The number of benzene rings is 2. The van der Waals surface area contributed by atoms with E-state index in [2.05, 4.69) is 0 Å². The minimum absolute atomic E-state index is 0.0645. The lowest BCUT2D eigenvalue weighted by atomic mass is 10.1. The van der Waals surface area contributed by atoms with Crippen LogP contribution in [0.1, 0.15) is 21.5 Å². The second kappa shape index (κ2) is 7.65. The maximum atomic E-state index is 12.7. The summed E-state index contributed by atoms with van der Waals surface area (Å²) in [6.45, 7) is 1.91. The lowest BCUT2D eigenvalue weighted by Crippen LogP contribution is -2.27. The summed E-state index contributed by atoms with van der Waals surface area (Å²) in [5, 5.41) is 11.0. The first kappa shape index (κ1) is 18.3. The number of hydrogen-bond acceptors (Lipinski definition) is 5. The van der Waals surface area contributed by atoms with Gasteiger partial charge in [-0.15, -0.1) is 0 Å². The zero-order valence-corrected chi connectivity index (χ0v) is 14.6. The molecule has 7 heteroatoms. The van der Waals surface area contributed by atoms with Crippen LogP contribution in [0.2, 0.25) is 0 Å². The molecule has 2 rings (SSSR count). The van der Waals surface area contributed by atoms with Crippen LogP contribution in [0.5, 0.6) is 11.5 Å². The van der Waals surface area contributed by atoms with Gasteiger partial charge >= 0.3 is 0 Å². The van der Waals surface area contributed by atoms with Gasteiger partial charge in [0.15, 0.2) is 11.5 Å². The minimum atomic E-state index is -0.486. The van der Waals surface area contributed by atoms with Gasteiger partial charge in [0.2, 0.25) is 0 Å². The van der Waals surface area contributed by atoms with Crippen molar-refractivity contribution in [3.8, 4) is 11.5 Å². The number of amides is 1. The van der Waals surface area contributed by atoms with Crippen molar-refractivity contribution in [2.75, 3.05) is 21.3 Å². The lowest BCUT2D eigenvalue weighted by molar-refractivity contribution is -0.385. The Morgan fingerprint density at radius 2 is 1.84 bits per heavy atom. The Morgan fingerprint density at radius 3 is 2.44 bits per heavy atom. The quantitative estimate of drug-likeness (QED) is 0.594. The van der Waals surface area contributed by atoms with E-state index < -0.39 is 4.92 Å². The monoisotopic (exact) mass is 344 g/mol.